The fourth-order valence-corrected chi connectivity index (χ4v) is 3.00. The van der Waals surface area contributed by atoms with Crippen LogP contribution in [0.15, 0.2) is 72.8 Å². The highest BCUT2D eigenvalue weighted by Gasteiger charge is 2.06. The number of para-hydroxylation sites is 1. The van der Waals surface area contributed by atoms with Crippen molar-refractivity contribution >= 4 is 28.8 Å². The Kier molecular flexibility index (Phi) is 6.69. The largest absolute Gasteiger partial charge is 0.496 e. The SMILES string of the molecule is COc1ccccc1CNC(=S)c1ccc(OCc2ccccc2Cl)cc1. The molecule has 0 heterocycles. The zero-order chi connectivity index (χ0) is 19.1. The summed E-state index contributed by atoms with van der Waals surface area (Å²) in [6, 6.07) is 23.2. The Bertz CT molecular complexity index is 912. The number of hydrogen-bond acceptors (Lipinski definition) is 3. The summed E-state index contributed by atoms with van der Waals surface area (Å²) in [7, 11) is 1.67. The van der Waals surface area contributed by atoms with E-state index in [1.165, 1.54) is 0 Å². The Balaban J connectivity index is 1.56. The third-order valence-electron chi connectivity index (χ3n) is 4.10. The lowest BCUT2D eigenvalue weighted by molar-refractivity contribution is 0.306. The Morgan fingerprint density at radius 2 is 1.59 bits per heavy atom. The van der Waals surface area contributed by atoms with Gasteiger partial charge in [0.1, 0.15) is 23.1 Å². The molecule has 0 spiro atoms. The fraction of sp³-hybridized carbons (Fsp3) is 0.136. The van der Waals surface area contributed by atoms with E-state index in [1.54, 1.807) is 7.11 Å². The zero-order valence-electron chi connectivity index (χ0n) is 14.9. The van der Waals surface area contributed by atoms with Crippen LogP contribution < -0.4 is 14.8 Å². The van der Waals surface area contributed by atoms with Gasteiger partial charge < -0.3 is 14.8 Å². The van der Waals surface area contributed by atoms with Crippen molar-refractivity contribution in [1.82, 2.24) is 5.32 Å². The summed E-state index contributed by atoms with van der Waals surface area (Å²) >= 11 is 11.6. The molecule has 3 rings (SSSR count). The second-order valence-electron chi connectivity index (χ2n) is 5.90. The highest BCUT2D eigenvalue weighted by molar-refractivity contribution is 7.80. The van der Waals surface area contributed by atoms with Gasteiger partial charge in [0.25, 0.3) is 0 Å². The minimum atomic E-state index is 0.426. The molecule has 0 saturated heterocycles. The Morgan fingerprint density at radius 3 is 2.30 bits per heavy atom. The molecule has 0 aliphatic carbocycles. The number of nitrogens with one attached hydrogen (secondary N) is 1. The lowest BCUT2D eigenvalue weighted by Gasteiger charge is -2.12. The Morgan fingerprint density at radius 1 is 0.926 bits per heavy atom. The van der Waals surface area contributed by atoms with Crippen LogP contribution in [0.1, 0.15) is 16.7 Å². The van der Waals surface area contributed by atoms with Crippen LogP contribution in [-0.2, 0) is 13.2 Å². The highest BCUT2D eigenvalue weighted by atomic mass is 35.5. The number of hydrogen-bond donors (Lipinski definition) is 1. The second kappa shape index (κ2) is 9.40. The lowest BCUT2D eigenvalue weighted by Crippen LogP contribution is -2.21. The number of rotatable bonds is 7. The van der Waals surface area contributed by atoms with Crippen LogP contribution in [0, 0.1) is 0 Å². The van der Waals surface area contributed by atoms with Gasteiger partial charge in [-0.2, -0.15) is 0 Å². The van der Waals surface area contributed by atoms with Gasteiger partial charge in [0.05, 0.1) is 7.11 Å². The van der Waals surface area contributed by atoms with E-state index in [4.69, 9.17) is 33.3 Å². The van der Waals surface area contributed by atoms with Crippen LogP contribution in [0.4, 0.5) is 0 Å². The van der Waals surface area contributed by atoms with Crippen LogP contribution in [-0.4, -0.2) is 12.1 Å². The van der Waals surface area contributed by atoms with Crippen molar-refractivity contribution in [2.24, 2.45) is 0 Å². The van der Waals surface area contributed by atoms with Crippen LogP contribution in [0.3, 0.4) is 0 Å². The molecule has 0 bridgehead atoms. The number of ether oxygens (including phenoxy) is 2. The first-order valence-corrected chi connectivity index (χ1v) is 9.32. The Labute approximate surface area is 169 Å². The normalized spacial score (nSPS) is 10.3. The zero-order valence-corrected chi connectivity index (χ0v) is 16.5. The van der Waals surface area contributed by atoms with Gasteiger partial charge in [0.15, 0.2) is 0 Å². The highest BCUT2D eigenvalue weighted by Crippen LogP contribution is 2.20. The van der Waals surface area contributed by atoms with Gasteiger partial charge in [0, 0.05) is 28.3 Å². The molecule has 0 aliphatic rings. The number of halogens is 1. The first-order valence-electron chi connectivity index (χ1n) is 8.54. The average molecular weight is 398 g/mol. The maximum atomic E-state index is 6.15. The van der Waals surface area contributed by atoms with E-state index in [-0.39, 0.29) is 0 Å². The molecule has 0 fully saturated rings. The predicted octanol–water partition coefficient (Wildman–Crippen LogP) is 5.39. The molecule has 0 amide bonds. The van der Waals surface area contributed by atoms with E-state index in [9.17, 15) is 0 Å². The molecule has 3 nitrogen and oxygen atoms in total. The minimum absolute atomic E-state index is 0.426. The first kappa shape index (κ1) is 19.2. The maximum Gasteiger partial charge on any atom is 0.123 e. The molecule has 0 atom stereocenters. The predicted molar refractivity (Wildman–Crippen MR) is 114 cm³/mol. The summed E-state index contributed by atoms with van der Waals surface area (Å²) in [6.07, 6.45) is 0. The molecule has 5 heteroatoms. The molecule has 27 heavy (non-hydrogen) atoms. The molecule has 0 unspecified atom stereocenters. The van der Waals surface area contributed by atoms with E-state index < -0.39 is 0 Å². The van der Waals surface area contributed by atoms with Crippen molar-refractivity contribution < 1.29 is 9.47 Å². The van der Waals surface area contributed by atoms with Crippen molar-refractivity contribution in [2.45, 2.75) is 13.2 Å². The molecule has 3 aromatic carbocycles. The summed E-state index contributed by atoms with van der Waals surface area (Å²) < 4.78 is 11.2. The molecule has 3 aromatic rings. The van der Waals surface area contributed by atoms with Crippen molar-refractivity contribution in [2.75, 3.05) is 7.11 Å². The molecule has 138 valence electrons. The standard InChI is InChI=1S/C22H20ClNO2S/c1-25-21-9-5-3-6-17(21)14-24-22(27)16-10-12-19(13-11-16)26-15-18-7-2-4-8-20(18)23/h2-13H,14-15H2,1H3,(H,24,27). The van der Waals surface area contributed by atoms with Crippen molar-refractivity contribution in [1.29, 1.82) is 0 Å². The maximum absolute atomic E-state index is 6.15. The third-order valence-corrected chi connectivity index (χ3v) is 4.85. The van der Waals surface area contributed by atoms with Gasteiger partial charge in [-0.05, 0) is 36.4 Å². The van der Waals surface area contributed by atoms with Gasteiger partial charge in [0.2, 0.25) is 0 Å². The molecule has 1 N–H and O–H groups in total. The van der Waals surface area contributed by atoms with E-state index >= 15 is 0 Å². The van der Waals surface area contributed by atoms with Crippen molar-refractivity contribution in [3.63, 3.8) is 0 Å². The topological polar surface area (TPSA) is 30.5 Å². The number of methoxy groups -OCH3 is 1. The minimum Gasteiger partial charge on any atom is -0.496 e. The van der Waals surface area contributed by atoms with Gasteiger partial charge >= 0.3 is 0 Å². The van der Waals surface area contributed by atoms with Crippen LogP contribution in [0.5, 0.6) is 11.5 Å². The van der Waals surface area contributed by atoms with Gasteiger partial charge in [-0.15, -0.1) is 0 Å². The summed E-state index contributed by atoms with van der Waals surface area (Å²) in [6.45, 7) is 1.03. The van der Waals surface area contributed by atoms with Crippen LogP contribution in [0.2, 0.25) is 5.02 Å². The molecular weight excluding hydrogens is 378 g/mol. The van der Waals surface area contributed by atoms with Crippen LogP contribution >= 0.6 is 23.8 Å². The van der Waals surface area contributed by atoms with Gasteiger partial charge in [-0.25, -0.2) is 0 Å². The number of thiocarbonyl (C=S) groups is 1. The third kappa shape index (κ3) is 5.22. The molecule has 0 aromatic heterocycles. The van der Waals surface area contributed by atoms with E-state index in [0.29, 0.717) is 23.2 Å². The summed E-state index contributed by atoms with van der Waals surface area (Å²) in [4.78, 5) is 0.679. The quantitative estimate of drug-likeness (QED) is 0.541. The van der Waals surface area contributed by atoms with Crippen molar-refractivity contribution in [3.05, 3.63) is 94.5 Å². The first-order chi connectivity index (χ1) is 13.2. The summed E-state index contributed by atoms with van der Waals surface area (Å²) in [5.41, 5.74) is 2.95. The van der Waals surface area contributed by atoms with E-state index in [1.807, 2.05) is 72.8 Å². The fourth-order valence-electron chi connectivity index (χ4n) is 2.61. The van der Waals surface area contributed by atoms with Gasteiger partial charge in [-0.3, -0.25) is 0 Å². The molecular formula is C22H20ClNO2S. The van der Waals surface area contributed by atoms with E-state index in [2.05, 4.69) is 5.32 Å². The van der Waals surface area contributed by atoms with Crippen LogP contribution in [0.25, 0.3) is 0 Å². The second-order valence-corrected chi connectivity index (χ2v) is 6.71. The van der Waals surface area contributed by atoms with Gasteiger partial charge in [-0.1, -0.05) is 60.2 Å². The molecule has 0 radical (unpaired) electrons. The molecule has 0 aliphatic heterocycles. The summed E-state index contributed by atoms with van der Waals surface area (Å²) in [5.74, 6) is 1.61. The number of benzene rings is 3. The summed E-state index contributed by atoms with van der Waals surface area (Å²) in [5, 5.41) is 3.97. The average Bonchev–Trinajstić information content (AvgIpc) is 2.72. The molecule has 0 saturated carbocycles. The van der Waals surface area contributed by atoms with E-state index in [0.717, 1.165) is 28.2 Å². The van der Waals surface area contributed by atoms with Crippen molar-refractivity contribution in [3.8, 4) is 11.5 Å². The Hall–Kier alpha value is -2.56. The smallest absolute Gasteiger partial charge is 0.123 e. The lowest BCUT2D eigenvalue weighted by atomic mass is 10.2. The monoisotopic (exact) mass is 397 g/mol.